The maximum atomic E-state index is 15.2. The molecule has 15 heteroatoms. The average molecular weight is 846 g/mol. The van der Waals surface area contributed by atoms with Crippen LogP contribution in [0.5, 0.6) is 0 Å². The summed E-state index contributed by atoms with van der Waals surface area (Å²) in [5, 5.41) is 15.6. The fraction of sp³-hybridized carbons (Fsp3) is 0.609. The zero-order valence-corrected chi connectivity index (χ0v) is 37.1. The third-order valence-corrected chi connectivity index (χ3v) is 12.9. The summed E-state index contributed by atoms with van der Waals surface area (Å²) in [7, 11) is 3.74. The van der Waals surface area contributed by atoms with E-state index in [4.69, 9.17) is 23.7 Å². The van der Waals surface area contributed by atoms with Crippen LogP contribution in [-0.2, 0) is 44.6 Å². The molecular weight excluding hydrogens is 783 g/mol. The molecule has 1 aromatic carbocycles. The van der Waals surface area contributed by atoms with E-state index in [2.05, 4.69) is 15.3 Å². The standard InChI is InChI=1S/C46H63N5O10/c1-11-36-46(8)40(49-44(56)61-46)33(24-51-23-27(3)48-25-51)37(52)26(2)21-45(7,57-18-14-15-31-20-32-16-12-13-17-34(32)47-22-31)41(29(5)38(53)30(6)42(55)59-36)60-43-39(54)35(50(9)10)19-28(4)58-43/h12-17,20,22-23,25-26,28-30,33,35-36,39-41,43,54H,11,18-19,21,24H2,1-10H3,(H,49,56). The highest BCUT2D eigenvalue weighted by atomic mass is 16.7. The number of benzene rings is 1. The van der Waals surface area contributed by atoms with Gasteiger partial charge in [0.1, 0.15) is 23.9 Å². The molecule has 0 aliphatic carbocycles. The second kappa shape index (κ2) is 18.8. The predicted molar refractivity (Wildman–Crippen MR) is 227 cm³/mol. The number of aliphatic hydroxyl groups excluding tert-OH is 1. The van der Waals surface area contributed by atoms with Crippen molar-refractivity contribution in [1.29, 1.82) is 0 Å². The van der Waals surface area contributed by atoms with Gasteiger partial charge in [0, 0.05) is 42.2 Å². The number of amides is 1. The second-order valence-electron chi connectivity index (χ2n) is 17.9. The molecule has 13 atom stereocenters. The number of para-hydroxylation sites is 1. The fourth-order valence-electron chi connectivity index (χ4n) is 9.52. The summed E-state index contributed by atoms with van der Waals surface area (Å²) < 4.78 is 33.7. The largest absolute Gasteiger partial charge is 0.458 e. The van der Waals surface area contributed by atoms with Crippen molar-refractivity contribution in [3.05, 3.63) is 66.4 Å². The topological polar surface area (TPSA) is 181 Å². The van der Waals surface area contributed by atoms with Crippen LogP contribution in [-0.4, -0.2) is 123 Å². The Morgan fingerprint density at radius 3 is 2.49 bits per heavy atom. The Morgan fingerprint density at radius 1 is 1.07 bits per heavy atom. The number of carbonyl (C=O) groups excluding carboxylic acids is 4. The van der Waals surface area contributed by atoms with Gasteiger partial charge in [-0.15, -0.1) is 0 Å². The molecule has 61 heavy (non-hydrogen) atoms. The molecule has 2 N–H and O–H groups in total. The van der Waals surface area contributed by atoms with Gasteiger partial charge in [-0.05, 0) is 85.7 Å². The molecule has 3 aliphatic rings. The van der Waals surface area contributed by atoms with Crippen molar-refractivity contribution in [3.63, 3.8) is 0 Å². The fourth-order valence-corrected chi connectivity index (χ4v) is 9.52. The number of aryl methyl sites for hydroxylation is 1. The average Bonchev–Trinajstić information content (AvgIpc) is 3.78. The SMILES string of the molecule is CCC1OC(=O)C(C)C(=O)C(C)C(OC2OC(C)CC(N(C)C)C2O)C(C)(OCC=Cc2cnc3ccccc3c2)CC(C)C(=O)C(Cn2cnc(C)c2)C2NC(=O)OC12C. The lowest BCUT2D eigenvalue weighted by molar-refractivity contribution is -0.296. The molecule has 5 heterocycles. The maximum Gasteiger partial charge on any atom is 0.408 e. The van der Waals surface area contributed by atoms with Crippen molar-refractivity contribution in [3.8, 4) is 0 Å². The van der Waals surface area contributed by atoms with Gasteiger partial charge in [0.2, 0.25) is 0 Å². The monoisotopic (exact) mass is 845 g/mol. The Balaban J connectivity index is 1.44. The van der Waals surface area contributed by atoms with Crippen LogP contribution in [0.4, 0.5) is 4.79 Å². The highest BCUT2D eigenvalue weighted by molar-refractivity contribution is 6.00. The van der Waals surface area contributed by atoms with Crippen molar-refractivity contribution in [2.45, 2.75) is 135 Å². The van der Waals surface area contributed by atoms with Crippen LogP contribution in [0.2, 0.25) is 0 Å². The summed E-state index contributed by atoms with van der Waals surface area (Å²) in [5.74, 6) is -5.47. The van der Waals surface area contributed by atoms with E-state index < -0.39 is 83.4 Å². The number of alkyl carbamates (subject to hydrolysis) is 1. The van der Waals surface area contributed by atoms with E-state index in [1.54, 1.807) is 51.7 Å². The minimum Gasteiger partial charge on any atom is -0.458 e. The van der Waals surface area contributed by atoms with Crippen LogP contribution in [0.25, 0.3) is 17.0 Å². The van der Waals surface area contributed by atoms with Crippen LogP contribution >= 0.6 is 0 Å². The number of aliphatic hydroxyl groups is 1. The smallest absolute Gasteiger partial charge is 0.408 e. The van der Waals surface area contributed by atoms with E-state index in [9.17, 15) is 19.5 Å². The first-order valence-corrected chi connectivity index (χ1v) is 21.4. The van der Waals surface area contributed by atoms with Gasteiger partial charge in [-0.1, -0.05) is 51.1 Å². The van der Waals surface area contributed by atoms with E-state index in [0.29, 0.717) is 6.42 Å². The number of nitrogens with one attached hydrogen (secondary N) is 1. The van der Waals surface area contributed by atoms with Gasteiger partial charge >= 0.3 is 12.1 Å². The first-order chi connectivity index (χ1) is 28.8. The van der Waals surface area contributed by atoms with Crippen LogP contribution in [0.3, 0.4) is 0 Å². The Bertz CT molecular complexity index is 2090. The van der Waals surface area contributed by atoms with Crippen molar-refractivity contribution in [2.24, 2.45) is 23.7 Å². The number of ketones is 2. The van der Waals surface area contributed by atoms with Crippen molar-refractivity contribution < 1.29 is 48.0 Å². The summed E-state index contributed by atoms with van der Waals surface area (Å²) in [4.78, 5) is 67.9. The Kier molecular flexibility index (Phi) is 14.2. The van der Waals surface area contributed by atoms with Gasteiger partial charge < -0.3 is 43.6 Å². The molecule has 332 valence electrons. The Hall–Kier alpha value is -4.54. The molecule has 0 spiro atoms. The van der Waals surface area contributed by atoms with E-state index in [1.165, 1.54) is 6.92 Å². The van der Waals surface area contributed by atoms with Crippen LogP contribution < -0.4 is 5.32 Å². The first kappa shape index (κ1) is 46.0. The Morgan fingerprint density at radius 2 is 1.80 bits per heavy atom. The first-order valence-electron chi connectivity index (χ1n) is 21.4. The maximum absolute atomic E-state index is 15.2. The number of pyridine rings is 1. The van der Waals surface area contributed by atoms with Gasteiger partial charge in [-0.3, -0.25) is 19.4 Å². The number of hydrogen-bond acceptors (Lipinski definition) is 13. The zero-order valence-electron chi connectivity index (χ0n) is 37.1. The molecule has 3 fully saturated rings. The summed E-state index contributed by atoms with van der Waals surface area (Å²) in [6.45, 7) is 14.1. The lowest BCUT2D eigenvalue weighted by Gasteiger charge is -2.47. The quantitative estimate of drug-likeness (QED) is 0.199. The highest BCUT2D eigenvalue weighted by Gasteiger charge is 2.58. The number of hydrogen-bond donors (Lipinski definition) is 2. The lowest BCUT2D eigenvalue weighted by atomic mass is 9.73. The second-order valence-corrected chi connectivity index (χ2v) is 17.9. The molecule has 0 bridgehead atoms. The van der Waals surface area contributed by atoms with Crippen molar-refractivity contribution >= 4 is 40.6 Å². The number of esters is 1. The molecule has 0 saturated carbocycles. The molecule has 3 aliphatic heterocycles. The van der Waals surface area contributed by atoms with E-state index in [1.807, 2.05) is 81.5 Å². The number of imidazole rings is 1. The number of Topliss-reactive ketones (excluding diaryl/α,β-unsaturated/α-hetero) is 2. The minimum atomic E-state index is -1.47. The van der Waals surface area contributed by atoms with E-state index >= 15 is 4.79 Å². The third kappa shape index (κ3) is 9.91. The molecule has 3 saturated heterocycles. The van der Waals surface area contributed by atoms with Gasteiger partial charge in [0.25, 0.3) is 0 Å². The summed E-state index contributed by atoms with van der Waals surface area (Å²) >= 11 is 0. The third-order valence-electron chi connectivity index (χ3n) is 12.9. The zero-order chi connectivity index (χ0) is 44.4. The van der Waals surface area contributed by atoms with Gasteiger partial charge in [-0.2, -0.15) is 0 Å². The summed E-state index contributed by atoms with van der Waals surface area (Å²) in [6, 6.07) is 8.57. The summed E-state index contributed by atoms with van der Waals surface area (Å²) in [6.07, 6.45) is 4.26. The molecule has 1 amide bonds. The molecule has 13 unspecified atom stereocenters. The molecule has 3 aromatic rings. The molecule has 6 rings (SSSR count). The predicted octanol–water partition coefficient (Wildman–Crippen LogP) is 5.29. The van der Waals surface area contributed by atoms with E-state index in [-0.39, 0.29) is 43.9 Å². The number of ether oxygens (including phenoxy) is 5. The Labute approximate surface area is 358 Å². The van der Waals surface area contributed by atoms with Crippen molar-refractivity contribution in [1.82, 2.24) is 24.8 Å². The molecular formula is C46H63N5O10. The lowest BCUT2D eigenvalue weighted by Crippen LogP contribution is -2.60. The van der Waals surface area contributed by atoms with Crippen LogP contribution in [0, 0.1) is 30.6 Å². The van der Waals surface area contributed by atoms with Crippen molar-refractivity contribution in [2.75, 3.05) is 20.7 Å². The number of carbonyl (C=O) groups is 4. The molecule has 0 radical (unpaired) electrons. The number of rotatable bonds is 10. The number of likely N-dealkylation sites (N-methyl/N-ethyl adjacent to an activating group) is 1. The minimum absolute atomic E-state index is 0.0356. The number of aromatic nitrogens is 3. The van der Waals surface area contributed by atoms with Gasteiger partial charge in [-0.25, -0.2) is 9.78 Å². The van der Waals surface area contributed by atoms with E-state index in [0.717, 1.165) is 22.2 Å². The van der Waals surface area contributed by atoms with Crippen LogP contribution in [0.1, 0.15) is 79.0 Å². The van der Waals surface area contributed by atoms with Gasteiger partial charge in [0.15, 0.2) is 17.7 Å². The molecule has 15 nitrogen and oxygen atoms in total. The number of nitrogens with zero attached hydrogens (tertiary/aromatic N) is 4. The summed E-state index contributed by atoms with van der Waals surface area (Å²) in [5.41, 5.74) is -0.428. The molecule has 2 aromatic heterocycles. The number of fused-ring (bicyclic) bond motifs is 2. The van der Waals surface area contributed by atoms with Crippen LogP contribution in [0.15, 0.2) is 55.1 Å². The highest BCUT2D eigenvalue weighted by Crippen LogP contribution is 2.41. The normalized spacial score (nSPS) is 35.5. The van der Waals surface area contributed by atoms with Gasteiger partial charge in [0.05, 0.1) is 53.9 Å². The number of cyclic esters (lactones) is 1.